The summed E-state index contributed by atoms with van der Waals surface area (Å²) in [5.41, 5.74) is -0.358. The third-order valence-electron chi connectivity index (χ3n) is 6.28. The van der Waals surface area contributed by atoms with Crippen LogP contribution >= 0.6 is 11.3 Å². The fourth-order valence-corrected chi connectivity index (χ4v) is 5.76. The molecule has 3 nitrogen and oxygen atoms in total. The van der Waals surface area contributed by atoms with Gasteiger partial charge in [-0.25, -0.2) is 0 Å². The molecule has 2 heterocycles. The molecule has 1 saturated heterocycles. The molecule has 0 amide bonds. The number of rotatable bonds is 3. The number of esters is 1. The molecule has 126 valence electrons. The summed E-state index contributed by atoms with van der Waals surface area (Å²) in [7, 11) is 0. The molecule has 23 heavy (non-hydrogen) atoms. The first kappa shape index (κ1) is 15.6. The summed E-state index contributed by atoms with van der Waals surface area (Å²) in [6.07, 6.45) is 9.12. The van der Waals surface area contributed by atoms with E-state index >= 15 is 0 Å². The minimum absolute atomic E-state index is 0.0730. The molecule has 1 aromatic rings. The van der Waals surface area contributed by atoms with Gasteiger partial charge in [-0.1, -0.05) is 31.7 Å². The standard InChI is InChI=1S/C19H27NO2S/c21-18(22-16-12-14-13-20-10-7-15(14)16)19(17-6-5-11-23-17)8-3-1-2-4-9-19/h5-6,11,14-16,20H,1-4,7-10,12-13H2/t14?,15?,16-/m0/s1. The normalized spacial score (nSPS) is 33.1. The van der Waals surface area contributed by atoms with Gasteiger partial charge in [-0.3, -0.25) is 4.79 Å². The van der Waals surface area contributed by atoms with Crippen molar-refractivity contribution in [2.24, 2.45) is 11.8 Å². The smallest absolute Gasteiger partial charge is 0.317 e. The van der Waals surface area contributed by atoms with Crippen molar-refractivity contribution >= 4 is 17.3 Å². The topological polar surface area (TPSA) is 38.3 Å². The number of carbonyl (C=O) groups excluding carboxylic acids is 1. The molecule has 1 aliphatic heterocycles. The van der Waals surface area contributed by atoms with Crippen LogP contribution in [0.15, 0.2) is 17.5 Å². The summed E-state index contributed by atoms with van der Waals surface area (Å²) in [5.74, 6) is 1.41. The molecule has 3 aliphatic rings. The van der Waals surface area contributed by atoms with Crippen LogP contribution in [0.1, 0.15) is 56.2 Å². The third-order valence-corrected chi connectivity index (χ3v) is 7.35. The number of piperidine rings is 1. The zero-order chi connectivity index (χ0) is 15.7. The van der Waals surface area contributed by atoms with E-state index in [-0.39, 0.29) is 17.5 Å². The van der Waals surface area contributed by atoms with Crippen molar-refractivity contribution < 1.29 is 9.53 Å². The van der Waals surface area contributed by atoms with Crippen molar-refractivity contribution in [3.8, 4) is 0 Å². The Labute approximate surface area is 142 Å². The summed E-state index contributed by atoms with van der Waals surface area (Å²) in [6, 6.07) is 4.22. The Morgan fingerprint density at radius 3 is 2.78 bits per heavy atom. The van der Waals surface area contributed by atoms with Crippen LogP contribution in [0.5, 0.6) is 0 Å². The summed E-state index contributed by atoms with van der Waals surface area (Å²) in [6.45, 7) is 2.18. The number of hydrogen-bond donors (Lipinski definition) is 1. The first-order valence-corrected chi connectivity index (χ1v) is 10.1. The van der Waals surface area contributed by atoms with Crippen LogP contribution in [0.2, 0.25) is 0 Å². The first-order chi connectivity index (χ1) is 11.3. The van der Waals surface area contributed by atoms with Crippen molar-refractivity contribution in [2.75, 3.05) is 13.1 Å². The highest BCUT2D eigenvalue weighted by molar-refractivity contribution is 7.10. The van der Waals surface area contributed by atoms with Crippen LogP contribution in [0, 0.1) is 11.8 Å². The molecule has 2 aliphatic carbocycles. The summed E-state index contributed by atoms with van der Waals surface area (Å²) in [5, 5.41) is 5.55. The van der Waals surface area contributed by atoms with Gasteiger partial charge in [0.15, 0.2) is 0 Å². The van der Waals surface area contributed by atoms with Crippen LogP contribution < -0.4 is 5.32 Å². The van der Waals surface area contributed by atoms with Gasteiger partial charge in [0, 0.05) is 10.8 Å². The van der Waals surface area contributed by atoms with E-state index < -0.39 is 0 Å². The average Bonchev–Trinajstić information content (AvgIpc) is 2.98. The number of nitrogens with one attached hydrogen (secondary N) is 1. The molecule has 1 N–H and O–H groups in total. The van der Waals surface area contributed by atoms with Crippen LogP contribution in [0.25, 0.3) is 0 Å². The highest BCUT2D eigenvalue weighted by Crippen LogP contribution is 2.45. The maximum Gasteiger partial charge on any atom is 0.317 e. The molecule has 2 saturated carbocycles. The van der Waals surface area contributed by atoms with Gasteiger partial charge in [-0.2, -0.15) is 0 Å². The number of fused-ring (bicyclic) bond motifs is 1. The Morgan fingerprint density at radius 1 is 1.26 bits per heavy atom. The molecule has 0 bridgehead atoms. The highest BCUT2D eigenvalue weighted by Gasteiger charge is 2.49. The van der Waals surface area contributed by atoms with E-state index in [2.05, 4.69) is 22.8 Å². The van der Waals surface area contributed by atoms with Gasteiger partial charge in [0.25, 0.3) is 0 Å². The van der Waals surface area contributed by atoms with E-state index in [0.717, 1.165) is 57.5 Å². The van der Waals surface area contributed by atoms with Crippen LogP contribution in [0.4, 0.5) is 0 Å². The molecule has 4 heteroatoms. The Morgan fingerprint density at radius 2 is 2.09 bits per heavy atom. The highest BCUT2D eigenvalue weighted by atomic mass is 32.1. The van der Waals surface area contributed by atoms with Gasteiger partial charge in [0.2, 0.25) is 0 Å². The molecule has 2 unspecified atom stereocenters. The fourth-order valence-electron chi connectivity index (χ4n) is 4.79. The number of thiophene rings is 1. The Hall–Kier alpha value is -0.870. The Balaban J connectivity index is 1.51. The molecule has 3 fully saturated rings. The minimum atomic E-state index is -0.358. The second-order valence-corrected chi connectivity index (χ2v) is 8.52. The zero-order valence-electron chi connectivity index (χ0n) is 13.8. The fraction of sp³-hybridized carbons (Fsp3) is 0.737. The molecule has 0 spiro atoms. The van der Waals surface area contributed by atoms with Gasteiger partial charge < -0.3 is 10.1 Å². The monoisotopic (exact) mass is 333 g/mol. The lowest BCUT2D eigenvalue weighted by Crippen LogP contribution is -2.54. The van der Waals surface area contributed by atoms with Crippen LogP contribution in [0.3, 0.4) is 0 Å². The first-order valence-electron chi connectivity index (χ1n) is 9.25. The lowest BCUT2D eigenvalue weighted by atomic mass is 9.67. The van der Waals surface area contributed by atoms with Gasteiger partial charge in [0.1, 0.15) is 11.5 Å². The quantitative estimate of drug-likeness (QED) is 0.674. The second kappa shape index (κ2) is 6.56. The summed E-state index contributed by atoms with van der Waals surface area (Å²) in [4.78, 5) is 14.4. The minimum Gasteiger partial charge on any atom is -0.461 e. The van der Waals surface area contributed by atoms with Gasteiger partial charge in [-0.15, -0.1) is 11.3 Å². The van der Waals surface area contributed by atoms with Gasteiger partial charge in [-0.05, 0) is 56.1 Å². The van der Waals surface area contributed by atoms with Crippen molar-refractivity contribution in [2.45, 2.75) is 62.9 Å². The molecular weight excluding hydrogens is 306 g/mol. The molecular formula is C19H27NO2S. The molecule has 0 aromatic carbocycles. The summed E-state index contributed by atoms with van der Waals surface area (Å²) < 4.78 is 6.12. The van der Waals surface area contributed by atoms with E-state index in [9.17, 15) is 4.79 Å². The van der Waals surface area contributed by atoms with E-state index in [1.165, 1.54) is 17.7 Å². The van der Waals surface area contributed by atoms with Crippen LogP contribution in [-0.4, -0.2) is 25.2 Å². The SMILES string of the molecule is O=C(O[C@H]1CC2CNCCC21)C1(c2cccs2)CCCCCC1. The average molecular weight is 333 g/mol. The number of ether oxygens (including phenoxy) is 1. The Bertz CT molecular complexity index is 534. The van der Waals surface area contributed by atoms with Crippen molar-refractivity contribution in [1.82, 2.24) is 5.32 Å². The maximum atomic E-state index is 13.2. The molecule has 3 atom stereocenters. The lowest BCUT2D eigenvalue weighted by molar-refractivity contribution is -0.173. The predicted molar refractivity (Wildman–Crippen MR) is 92.7 cm³/mol. The van der Waals surface area contributed by atoms with Gasteiger partial charge in [0.05, 0.1) is 0 Å². The van der Waals surface area contributed by atoms with E-state index in [1.54, 1.807) is 11.3 Å². The molecule has 1 aromatic heterocycles. The van der Waals surface area contributed by atoms with E-state index in [4.69, 9.17) is 4.74 Å². The lowest BCUT2D eigenvalue weighted by Gasteiger charge is -2.48. The number of hydrogen-bond acceptors (Lipinski definition) is 4. The summed E-state index contributed by atoms with van der Waals surface area (Å²) >= 11 is 1.73. The second-order valence-electron chi connectivity index (χ2n) is 7.57. The predicted octanol–water partition coefficient (Wildman–Crippen LogP) is 3.88. The largest absolute Gasteiger partial charge is 0.461 e. The Kier molecular flexibility index (Phi) is 4.46. The van der Waals surface area contributed by atoms with E-state index in [1.807, 2.05) is 0 Å². The molecule has 0 radical (unpaired) electrons. The maximum absolute atomic E-state index is 13.2. The molecule has 4 rings (SSSR count). The van der Waals surface area contributed by atoms with Crippen molar-refractivity contribution in [1.29, 1.82) is 0 Å². The van der Waals surface area contributed by atoms with E-state index in [0.29, 0.717) is 5.92 Å². The van der Waals surface area contributed by atoms with Crippen LogP contribution in [-0.2, 0) is 14.9 Å². The third kappa shape index (κ3) is 2.85. The zero-order valence-corrected chi connectivity index (χ0v) is 14.6. The van der Waals surface area contributed by atoms with Crippen molar-refractivity contribution in [3.05, 3.63) is 22.4 Å². The van der Waals surface area contributed by atoms with Crippen molar-refractivity contribution in [3.63, 3.8) is 0 Å². The van der Waals surface area contributed by atoms with Gasteiger partial charge >= 0.3 is 5.97 Å². The number of carbonyl (C=O) groups is 1.